The first kappa shape index (κ1) is 28.8. The Bertz CT molecular complexity index is 658. The second-order valence-electron chi connectivity index (χ2n) is 11.0. The van der Waals surface area contributed by atoms with Gasteiger partial charge in [0, 0.05) is 6.07 Å². The molecule has 184 valence electrons. The molecule has 0 saturated heterocycles. The van der Waals surface area contributed by atoms with Crippen molar-refractivity contribution >= 4 is 22.6 Å². The number of carbonyl (C=O) groups excluding carboxylic acids is 1. The maximum Gasteiger partial charge on any atom is 0.338 e. The maximum atomic E-state index is 12.5. The molecule has 0 aliphatic heterocycles. The average Bonchev–Trinajstić information content (AvgIpc) is 2.67. The summed E-state index contributed by atoms with van der Waals surface area (Å²) in [4.78, 5) is 12.5. The molecular formula is C26H48O4Si2. The van der Waals surface area contributed by atoms with Crippen LogP contribution in [0.5, 0.6) is 11.5 Å². The van der Waals surface area contributed by atoms with Crippen molar-refractivity contribution in [3.05, 3.63) is 23.8 Å². The van der Waals surface area contributed by atoms with Crippen molar-refractivity contribution in [1.29, 1.82) is 0 Å². The SMILES string of the molecule is COC(=O)c1cc(O[Si](C(C)C)(C(C)C)C(C)C)cc(O[Si](C(C)C)(C(C)C)C(C)C)c1. The molecular weight excluding hydrogens is 432 g/mol. The van der Waals surface area contributed by atoms with Crippen LogP contribution in [-0.2, 0) is 4.74 Å². The van der Waals surface area contributed by atoms with E-state index in [2.05, 4.69) is 83.1 Å². The van der Waals surface area contributed by atoms with Gasteiger partial charge >= 0.3 is 5.97 Å². The quantitative estimate of drug-likeness (QED) is 0.235. The molecule has 0 atom stereocenters. The van der Waals surface area contributed by atoms with Crippen molar-refractivity contribution in [1.82, 2.24) is 0 Å². The fourth-order valence-corrected chi connectivity index (χ4v) is 16.5. The Labute approximate surface area is 199 Å². The van der Waals surface area contributed by atoms with Crippen LogP contribution in [0.4, 0.5) is 0 Å². The lowest BCUT2D eigenvalue weighted by Gasteiger charge is -2.43. The normalized spacial score (nSPS) is 13.1. The first-order valence-electron chi connectivity index (χ1n) is 12.3. The Morgan fingerprint density at radius 1 is 0.594 bits per heavy atom. The molecule has 32 heavy (non-hydrogen) atoms. The fourth-order valence-electron chi connectivity index (χ4n) is 6.04. The summed E-state index contributed by atoms with van der Waals surface area (Å²) in [7, 11) is -2.94. The Morgan fingerprint density at radius 3 is 1.09 bits per heavy atom. The topological polar surface area (TPSA) is 44.8 Å². The third kappa shape index (κ3) is 5.61. The molecule has 6 heteroatoms. The number of carbonyl (C=O) groups is 1. The minimum Gasteiger partial charge on any atom is -0.543 e. The van der Waals surface area contributed by atoms with E-state index >= 15 is 0 Å². The van der Waals surface area contributed by atoms with Crippen LogP contribution in [0.3, 0.4) is 0 Å². The molecule has 0 bridgehead atoms. The van der Waals surface area contributed by atoms with Gasteiger partial charge in [0.15, 0.2) is 0 Å². The van der Waals surface area contributed by atoms with Crippen molar-refractivity contribution in [2.24, 2.45) is 0 Å². The highest BCUT2D eigenvalue weighted by Crippen LogP contribution is 2.46. The third-order valence-corrected chi connectivity index (χ3v) is 19.3. The number of benzene rings is 1. The molecule has 4 nitrogen and oxygen atoms in total. The zero-order valence-corrected chi connectivity index (χ0v) is 24.8. The number of esters is 1. The van der Waals surface area contributed by atoms with E-state index in [1.165, 1.54) is 7.11 Å². The molecule has 1 aromatic carbocycles. The standard InChI is InChI=1S/C26H48O4Si2/c1-17(2)31(18(3)4,19(5)6)29-24-14-23(26(27)28-13)15-25(16-24)30-32(20(7)8,21(9)10)22(11)12/h14-22H,1-13H3. The molecule has 0 fully saturated rings. The molecule has 0 heterocycles. The van der Waals surface area contributed by atoms with Gasteiger partial charge in [-0.2, -0.15) is 0 Å². The second-order valence-corrected chi connectivity index (χ2v) is 21.8. The van der Waals surface area contributed by atoms with Crippen molar-refractivity contribution < 1.29 is 18.4 Å². The summed E-state index contributed by atoms with van der Waals surface area (Å²) in [6.45, 7) is 27.2. The number of rotatable bonds is 11. The van der Waals surface area contributed by atoms with Gasteiger partial charge in [0.1, 0.15) is 11.5 Å². The number of hydrogen-bond acceptors (Lipinski definition) is 4. The van der Waals surface area contributed by atoms with E-state index in [-0.39, 0.29) is 5.97 Å². The van der Waals surface area contributed by atoms with E-state index < -0.39 is 16.6 Å². The van der Waals surface area contributed by atoms with E-state index in [1.54, 1.807) is 0 Å². The van der Waals surface area contributed by atoms with Gasteiger partial charge in [-0.25, -0.2) is 4.79 Å². The lowest BCUT2D eigenvalue weighted by Crippen LogP contribution is -2.51. The van der Waals surface area contributed by atoms with Gasteiger partial charge < -0.3 is 13.6 Å². The first-order valence-corrected chi connectivity index (χ1v) is 16.6. The summed E-state index contributed by atoms with van der Waals surface area (Å²) in [6, 6.07) is 5.67. The van der Waals surface area contributed by atoms with Crippen molar-refractivity contribution in [2.75, 3.05) is 7.11 Å². The van der Waals surface area contributed by atoms with E-state index in [0.29, 0.717) is 38.8 Å². The van der Waals surface area contributed by atoms with Crippen molar-refractivity contribution in [3.63, 3.8) is 0 Å². The monoisotopic (exact) mass is 480 g/mol. The smallest absolute Gasteiger partial charge is 0.338 e. The zero-order valence-electron chi connectivity index (χ0n) is 22.8. The molecule has 0 aromatic heterocycles. The maximum absolute atomic E-state index is 12.5. The summed E-state index contributed by atoms with van der Waals surface area (Å²) in [5.74, 6) is 1.09. The highest BCUT2D eigenvalue weighted by molar-refractivity contribution is 6.78. The van der Waals surface area contributed by atoms with Crippen LogP contribution >= 0.6 is 0 Å². The lowest BCUT2D eigenvalue weighted by atomic mass is 10.2. The Balaban J connectivity index is 3.68. The minimum atomic E-state index is -2.18. The van der Waals surface area contributed by atoms with Crippen molar-refractivity contribution in [2.45, 2.75) is 116 Å². The van der Waals surface area contributed by atoms with Gasteiger partial charge in [0.25, 0.3) is 16.6 Å². The van der Waals surface area contributed by atoms with Gasteiger partial charge in [-0.1, -0.05) is 83.1 Å². The third-order valence-electron chi connectivity index (χ3n) is 7.30. The molecule has 0 amide bonds. The predicted octanol–water partition coefficient (Wildman–Crippen LogP) is 8.58. The van der Waals surface area contributed by atoms with Gasteiger partial charge in [-0.05, 0) is 45.4 Å². The second kappa shape index (κ2) is 11.2. The van der Waals surface area contributed by atoms with Crippen LogP contribution in [-0.4, -0.2) is 29.7 Å². The number of methoxy groups -OCH3 is 1. The average molecular weight is 481 g/mol. The highest BCUT2D eigenvalue weighted by atomic mass is 28.4. The molecule has 0 N–H and O–H groups in total. The van der Waals surface area contributed by atoms with Crippen LogP contribution in [0.25, 0.3) is 0 Å². The van der Waals surface area contributed by atoms with E-state index in [4.69, 9.17) is 13.6 Å². The van der Waals surface area contributed by atoms with Crippen LogP contribution in [0, 0.1) is 0 Å². The first-order chi connectivity index (χ1) is 14.7. The largest absolute Gasteiger partial charge is 0.543 e. The van der Waals surface area contributed by atoms with E-state index in [9.17, 15) is 4.79 Å². The molecule has 0 spiro atoms. The Kier molecular flexibility index (Phi) is 10.1. The van der Waals surface area contributed by atoms with Gasteiger partial charge in [-0.15, -0.1) is 0 Å². The molecule has 0 unspecified atom stereocenters. The van der Waals surface area contributed by atoms with Crippen molar-refractivity contribution in [3.8, 4) is 11.5 Å². The molecule has 0 saturated carbocycles. The number of ether oxygens (including phenoxy) is 1. The summed E-state index contributed by atoms with van der Waals surface area (Å²) in [5, 5.41) is 0. The summed E-state index contributed by atoms with van der Waals surface area (Å²) >= 11 is 0. The van der Waals surface area contributed by atoms with Crippen LogP contribution < -0.4 is 8.85 Å². The molecule has 0 aliphatic rings. The molecule has 1 rings (SSSR count). The molecule has 0 aliphatic carbocycles. The van der Waals surface area contributed by atoms with Gasteiger partial charge in [-0.3, -0.25) is 0 Å². The van der Waals surface area contributed by atoms with Gasteiger partial charge in [0.05, 0.1) is 12.7 Å². The lowest BCUT2D eigenvalue weighted by molar-refractivity contribution is 0.0600. The van der Waals surface area contributed by atoms with E-state index in [0.717, 1.165) is 11.5 Å². The van der Waals surface area contributed by atoms with Crippen LogP contribution in [0.15, 0.2) is 18.2 Å². The van der Waals surface area contributed by atoms with Gasteiger partial charge in [0.2, 0.25) is 0 Å². The summed E-state index contributed by atoms with van der Waals surface area (Å²) < 4.78 is 18.9. The Morgan fingerprint density at radius 2 is 0.875 bits per heavy atom. The minimum absolute atomic E-state index is 0.364. The fraction of sp³-hybridized carbons (Fsp3) is 0.731. The Hall–Kier alpha value is -1.28. The molecule has 1 aromatic rings. The summed E-state index contributed by atoms with van der Waals surface area (Å²) in [5.41, 5.74) is 3.09. The van der Waals surface area contributed by atoms with Crippen LogP contribution in [0.1, 0.15) is 93.4 Å². The molecule has 0 radical (unpaired) electrons. The van der Waals surface area contributed by atoms with E-state index in [1.807, 2.05) is 18.2 Å². The highest BCUT2D eigenvalue weighted by Gasteiger charge is 2.48. The summed E-state index contributed by atoms with van der Waals surface area (Å²) in [6.07, 6.45) is 0. The predicted molar refractivity (Wildman–Crippen MR) is 141 cm³/mol. The zero-order chi connectivity index (χ0) is 25.0. The van der Waals surface area contributed by atoms with Crippen LogP contribution in [0.2, 0.25) is 33.2 Å². The number of hydrogen-bond donors (Lipinski definition) is 0.